The Hall–Kier alpha value is -0.470. The summed E-state index contributed by atoms with van der Waals surface area (Å²) in [5, 5.41) is 0.479. The van der Waals surface area contributed by atoms with Gasteiger partial charge in [-0.1, -0.05) is 0 Å². The van der Waals surface area contributed by atoms with Crippen LogP contribution in [0.3, 0.4) is 0 Å². The van der Waals surface area contributed by atoms with Gasteiger partial charge in [-0.15, -0.1) is 0 Å². The van der Waals surface area contributed by atoms with Crippen LogP contribution in [0.2, 0.25) is 0 Å². The van der Waals surface area contributed by atoms with Gasteiger partial charge >= 0.3 is 71.4 Å². The molecule has 0 radical (unpaired) electrons. The zero-order chi connectivity index (χ0) is 9.03. The van der Waals surface area contributed by atoms with Gasteiger partial charge < -0.3 is 0 Å². The molecule has 0 saturated carbocycles. The molecule has 0 spiro atoms. The molecule has 0 aliphatic rings. The fourth-order valence-corrected chi connectivity index (χ4v) is 2.14. The summed E-state index contributed by atoms with van der Waals surface area (Å²) in [7, 11) is -3.58. The first-order chi connectivity index (χ1) is 5.67. The summed E-state index contributed by atoms with van der Waals surface area (Å²) in [6, 6.07) is 8.63. The standard InChI is InChI=1S/C8H13O3P/c1-2-11-12(9,10)8-6-4-3-5-7-8/h3-7,9-10,12H,2H2,1H3. The monoisotopic (exact) mass is 188 g/mol. The van der Waals surface area contributed by atoms with Crippen LogP contribution in [0, 0.1) is 0 Å². The fraction of sp³-hybridized carbons (Fsp3) is 0.250. The van der Waals surface area contributed by atoms with Crippen LogP contribution < -0.4 is 5.30 Å². The van der Waals surface area contributed by atoms with Gasteiger partial charge in [0.15, 0.2) is 0 Å². The molecule has 0 heterocycles. The van der Waals surface area contributed by atoms with Crippen molar-refractivity contribution in [3.8, 4) is 0 Å². The average Bonchev–Trinajstić information content (AvgIpc) is 2.06. The fourth-order valence-electron chi connectivity index (χ4n) is 0.940. The van der Waals surface area contributed by atoms with Gasteiger partial charge in [0.25, 0.3) is 0 Å². The summed E-state index contributed by atoms with van der Waals surface area (Å²) >= 11 is 0. The van der Waals surface area contributed by atoms with E-state index in [9.17, 15) is 9.79 Å². The minimum absolute atomic E-state index is 0.314. The van der Waals surface area contributed by atoms with E-state index in [0.717, 1.165) is 0 Å². The van der Waals surface area contributed by atoms with Crippen molar-refractivity contribution in [3.63, 3.8) is 0 Å². The van der Waals surface area contributed by atoms with Gasteiger partial charge in [-0.05, 0) is 0 Å². The Labute approximate surface area is 72.2 Å². The Bertz CT molecular complexity index is 235. The molecule has 0 atom stereocenters. The van der Waals surface area contributed by atoms with Crippen molar-refractivity contribution in [2.75, 3.05) is 6.61 Å². The van der Waals surface area contributed by atoms with Crippen LogP contribution in [0.1, 0.15) is 6.92 Å². The summed E-state index contributed by atoms with van der Waals surface area (Å²) in [6.07, 6.45) is 0. The normalized spacial score (nSPS) is 12.9. The molecule has 0 aromatic heterocycles. The second-order valence-electron chi connectivity index (χ2n) is 2.41. The summed E-state index contributed by atoms with van der Waals surface area (Å²) in [5.74, 6) is 0. The molecule has 1 aromatic rings. The van der Waals surface area contributed by atoms with Crippen molar-refractivity contribution >= 4 is 13.2 Å². The molecule has 0 bridgehead atoms. The van der Waals surface area contributed by atoms with Crippen LogP contribution >= 0.6 is 7.94 Å². The van der Waals surface area contributed by atoms with Gasteiger partial charge in [0.1, 0.15) is 0 Å². The van der Waals surface area contributed by atoms with Crippen molar-refractivity contribution in [2.45, 2.75) is 6.92 Å². The molecule has 1 rings (SSSR count). The second-order valence-corrected chi connectivity index (χ2v) is 4.49. The maximum atomic E-state index is 9.46. The third kappa shape index (κ3) is 2.26. The molecule has 0 saturated heterocycles. The number of hydrogen-bond acceptors (Lipinski definition) is 3. The van der Waals surface area contributed by atoms with E-state index >= 15 is 0 Å². The van der Waals surface area contributed by atoms with Crippen LogP contribution in [-0.4, -0.2) is 16.4 Å². The predicted octanol–water partition coefficient (Wildman–Crippen LogP) is 0.828. The maximum absolute atomic E-state index is 9.46. The SMILES string of the molecule is CCO[PH](O)(O)c1ccccc1. The van der Waals surface area contributed by atoms with E-state index in [1.165, 1.54) is 0 Å². The molecular formula is C8H13O3P. The van der Waals surface area contributed by atoms with E-state index in [0.29, 0.717) is 11.9 Å². The van der Waals surface area contributed by atoms with Crippen LogP contribution in [0.15, 0.2) is 30.3 Å². The molecule has 12 heavy (non-hydrogen) atoms. The quantitative estimate of drug-likeness (QED) is 0.690. The Kier molecular flexibility index (Phi) is 3.18. The van der Waals surface area contributed by atoms with E-state index in [1.54, 1.807) is 31.2 Å². The number of hydrogen-bond donors (Lipinski definition) is 2. The van der Waals surface area contributed by atoms with Crippen molar-refractivity contribution in [1.82, 2.24) is 0 Å². The Morgan fingerprint density at radius 2 is 1.83 bits per heavy atom. The van der Waals surface area contributed by atoms with Crippen molar-refractivity contribution in [2.24, 2.45) is 0 Å². The molecule has 2 N–H and O–H groups in total. The van der Waals surface area contributed by atoms with Gasteiger partial charge in [-0.2, -0.15) is 0 Å². The number of rotatable bonds is 3. The molecule has 0 aliphatic carbocycles. The van der Waals surface area contributed by atoms with Gasteiger partial charge in [-0.25, -0.2) is 0 Å². The van der Waals surface area contributed by atoms with Crippen LogP contribution in [0.25, 0.3) is 0 Å². The van der Waals surface area contributed by atoms with Crippen molar-refractivity contribution < 1.29 is 14.3 Å². The van der Waals surface area contributed by atoms with Crippen molar-refractivity contribution in [3.05, 3.63) is 30.3 Å². The van der Waals surface area contributed by atoms with E-state index in [4.69, 9.17) is 4.52 Å². The molecule has 4 heteroatoms. The van der Waals surface area contributed by atoms with Crippen LogP contribution in [0.4, 0.5) is 0 Å². The summed E-state index contributed by atoms with van der Waals surface area (Å²) in [4.78, 5) is 18.9. The van der Waals surface area contributed by atoms with Crippen LogP contribution in [-0.2, 0) is 4.52 Å². The summed E-state index contributed by atoms with van der Waals surface area (Å²) in [5.41, 5.74) is 0. The molecular weight excluding hydrogens is 175 g/mol. The van der Waals surface area contributed by atoms with Gasteiger partial charge in [0, 0.05) is 0 Å². The van der Waals surface area contributed by atoms with E-state index in [-0.39, 0.29) is 0 Å². The van der Waals surface area contributed by atoms with E-state index in [1.807, 2.05) is 6.07 Å². The van der Waals surface area contributed by atoms with E-state index in [2.05, 4.69) is 0 Å². The number of benzene rings is 1. The van der Waals surface area contributed by atoms with Gasteiger partial charge in [0.05, 0.1) is 0 Å². The van der Waals surface area contributed by atoms with Gasteiger partial charge in [-0.3, -0.25) is 0 Å². The molecule has 0 aliphatic heterocycles. The molecule has 0 fully saturated rings. The summed E-state index contributed by atoms with van der Waals surface area (Å²) in [6.45, 7) is 2.05. The second kappa shape index (κ2) is 3.97. The molecule has 1 aromatic carbocycles. The molecule has 3 nitrogen and oxygen atoms in total. The first-order valence-corrected chi connectivity index (χ1v) is 5.61. The van der Waals surface area contributed by atoms with Crippen LogP contribution in [0.5, 0.6) is 0 Å². The molecule has 0 amide bonds. The minimum atomic E-state index is -3.58. The van der Waals surface area contributed by atoms with E-state index < -0.39 is 7.94 Å². The topological polar surface area (TPSA) is 49.7 Å². The van der Waals surface area contributed by atoms with Gasteiger partial charge in [0.2, 0.25) is 0 Å². The first-order valence-electron chi connectivity index (χ1n) is 3.81. The Morgan fingerprint density at radius 3 is 2.33 bits per heavy atom. The zero-order valence-corrected chi connectivity index (χ0v) is 7.90. The third-order valence-electron chi connectivity index (χ3n) is 1.50. The van der Waals surface area contributed by atoms with Crippen molar-refractivity contribution in [1.29, 1.82) is 0 Å². The Balaban J connectivity index is 2.82. The molecule has 68 valence electrons. The zero-order valence-electron chi connectivity index (χ0n) is 6.90. The Morgan fingerprint density at radius 1 is 1.25 bits per heavy atom. The third-order valence-corrected chi connectivity index (χ3v) is 3.27. The molecule has 0 unspecified atom stereocenters. The summed E-state index contributed by atoms with van der Waals surface area (Å²) < 4.78 is 4.87. The first kappa shape index (κ1) is 9.62. The predicted molar refractivity (Wildman–Crippen MR) is 50.5 cm³/mol. The average molecular weight is 188 g/mol.